The molecule has 0 saturated carbocycles. The summed E-state index contributed by atoms with van der Waals surface area (Å²) in [6.07, 6.45) is 1.57. The van der Waals surface area contributed by atoms with Gasteiger partial charge in [-0.15, -0.1) is 0 Å². The maximum Gasteiger partial charge on any atom is 0.311 e. The van der Waals surface area contributed by atoms with E-state index in [1.165, 1.54) is 6.92 Å². The summed E-state index contributed by atoms with van der Waals surface area (Å²) in [5.41, 5.74) is 2.42. The van der Waals surface area contributed by atoms with Crippen molar-refractivity contribution in [1.29, 1.82) is 0 Å². The molecule has 0 aliphatic carbocycles. The minimum atomic E-state index is -1.12. The maximum absolute atomic E-state index is 13.0. The quantitative estimate of drug-likeness (QED) is 0.637. The van der Waals surface area contributed by atoms with E-state index in [1.54, 1.807) is 37.9 Å². The zero-order valence-corrected chi connectivity index (χ0v) is 18.4. The Morgan fingerprint density at radius 1 is 1.13 bits per heavy atom. The van der Waals surface area contributed by atoms with Gasteiger partial charge in [0.2, 0.25) is 5.91 Å². The fraction of sp³-hybridized carbons (Fsp3) is 0.375. The highest BCUT2D eigenvalue weighted by Crippen LogP contribution is 2.47. The number of anilines is 1. The van der Waals surface area contributed by atoms with Crippen molar-refractivity contribution in [1.82, 2.24) is 9.38 Å². The molecule has 1 N–H and O–H groups in total. The lowest BCUT2D eigenvalue weighted by molar-refractivity contribution is -0.168. The van der Waals surface area contributed by atoms with Crippen LogP contribution < -0.4 is 4.90 Å². The number of carbonyl (C=O) groups is 2. The van der Waals surface area contributed by atoms with Gasteiger partial charge < -0.3 is 14.2 Å². The SMILES string of the molecule is CC(=O)N1c2c(ccn3cc(C)nc23)[C@@H](O)[C@H](OC(=O)C(C)(C)C)[C@H]1c1ccccc1. The monoisotopic (exact) mass is 421 g/mol. The number of ether oxygens (including phenoxy) is 1. The molecule has 3 heterocycles. The van der Waals surface area contributed by atoms with Gasteiger partial charge in [-0.3, -0.25) is 14.5 Å². The third-order valence-corrected chi connectivity index (χ3v) is 5.55. The molecule has 162 valence electrons. The topological polar surface area (TPSA) is 84.1 Å². The first-order valence-corrected chi connectivity index (χ1v) is 10.3. The van der Waals surface area contributed by atoms with Crippen LogP contribution in [0.15, 0.2) is 48.8 Å². The standard InChI is InChI=1S/C24H27N3O4/c1-14-13-26-12-11-17-19(22(26)25-14)27(15(2)28)18(16-9-7-6-8-10-16)21(20(17)29)31-23(30)24(3,4)5/h6-13,18,20-21,29H,1-5H3/t18-,20-,21-/m1/s1. The van der Waals surface area contributed by atoms with Crippen LogP contribution in [-0.2, 0) is 14.3 Å². The van der Waals surface area contributed by atoms with Gasteiger partial charge in [0.15, 0.2) is 11.8 Å². The highest BCUT2D eigenvalue weighted by atomic mass is 16.6. The van der Waals surface area contributed by atoms with Crippen molar-refractivity contribution in [2.24, 2.45) is 5.41 Å². The van der Waals surface area contributed by atoms with Gasteiger partial charge in [0.1, 0.15) is 12.1 Å². The van der Waals surface area contributed by atoms with E-state index in [0.29, 0.717) is 16.9 Å². The lowest BCUT2D eigenvalue weighted by Crippen LogP contribution is -2.49. The smallest absolute Gasteiger partial charge is 0.311 e. The van der Waals surface area contributed by atoms with E-state index in [2.05, 4.69) is 4.98 Å². The van der Waals surface area contributed by atoms with Crippen molar-refractivity contribution >= 4 is 23.2 Å². The largest absolute Gasteiger partial charge is 0.456 e. The predicted molar refractivity (Wildman–Crippen MR) is 117 cm³/mol. The molecule has 1 aromatic carbocycles. The molecule has 0 unspecified atom stereocenters. The number of benzene rings is 1. The van der Waals surface area contributed by atoms with Gasteiger partial charge in [0.05, 0.1) is 16.8 Å². The summed E-state index contributed by atoms with van der Waals surface area (Å²) in [4.78, 5) is 32.0. The highest BCUT2D eigenvalue weighted by Gasteiger charge is 2.47. The second-order valence-corrected chi connectivity index (χ2v) is 9.04. The van der Waals surface area contributed by atoms with Crippen LogP contribution in [0.4, 0.5) is 5.69 Å². The van der Waals surface area contributed by atoms with Gasteiger partial charge in [-0.2, -0.15) is 0 Å². The number of pyridine rings is 1. The van der Waals surface area contributed by atoms with Crippen molar-refractivity contribution in [3.8, 4) is 0 Å². The molecule has 1 amide bonds. The number of hydrogen-bond acceptors (Lipinski definition) is 5. The average molecular weight is 421 g/mol. The third-order valence-electron chi connectivity index (χ3n) is 5.55. The zero-order chi connectivity index (χ0) is 22.5. The number of aryl methyl sites for hydroxylation is 1. The Labute approximate surface area is 181 Å². The van der Waals surface area contributed by atoms with Crippen LogP contribution in [0.5, 0.6) is 0 Å². The molecule has 0 bridgehead atoms. The Bertz CT molecular complexity index is 1150. The lowest BCUT2D eigenvalue weighted by Gasteiger charge is -2.44. The number of amides is 1. The average Bonchev–Trinajstić information content (AvgIpc) is 3.09. The molecule has 3 aromatic rings. The minimum Gasteiger partial charge on any atom is -0.456 e. The fourth-order valence-corrected chi connectivity index (χ4v) is 4.07. The van der Waals surface area contributed by atoms with Gasteiger partial charge in [0.25, 0.3) is 0 Å². The van der Waals surface area contributed by atoms with E-state index in [4.69, 9.17) is 4.74 Å². The first kappa shape index (κ1) is 21.1. The Kier molecular flexibility index (Phi) is 5.09. The van der Waals surface area contributed by atoms with Crippen LogP contribution >= 0.6 is 0 Å². The van der Waals surface area contributed by atoms with Gasteiger partial charge in [-0.25, -0.2) is 4.98 Å². The molecule has 0 radical (unpaired) electrons. The molecule has 31 heavy (non-hydrogen) atoms. The second kappa shape index (κ2) is 7.50. The van der Waals surface area contributed by atoms with E-state index in [9.17, 15) is 14.7 Å². The summed E-state index contributed by atoms with van der Waals surface area (Å²) < 4.78 is 7.71. The number of aliphatic hydroxyl groups is 1. The third kappa shape index (κ3) is 3.59. The number of nitrogens with zero attached hydrogens (tertiary/aromatic N) is 3. The van der Waals surface area contributed by atoms with Crippen LogP contribution in [0, 0.1) is 12.3 Å². The fourth-order valence-electron chi connectivity index (χ4n) is 4.07. The summed E-state index contributed by atoms with van der Waals surface area (Å²) in [5.74, 6) is -0.672. The molecular weight excluding hydrogens is 394 g/mol. The van der Waals surface area contributed by atoms with Crippen LogP contribution in [0.3, 0.4) is 0 Å². The molecule has 0 saturated heterocycles. The van der Waals surface area contributed by atoms with Crippen molar-refractivity contribution in [2.75, 3.05) is 4.90 Å². The van der Waals surface area contributed by atoms with E-state index in [-0.39, 0.29) is 5.91 Å². The van der Waals surface area contributed by atoms with Crippen molar-refractivity contribution in [2.45, 2.75) is 52.9 Å². The van der Waals surface area contributed by atoms with Crippen LogP contribution in [0.25, 0.3) is 5.65 Å². The molecule has 0 fully saturated rings. The van der Waals surface area contributed by atoms with Gasteiger partial charge in [-0.05, 0) is 39.3 Å². The molecule has 7 heteroatoms. The Balaban J connectivity index is 1.97. The van der Waals surface area contributed by atoms with E-state index >= 15 is 0 Å². The molecule has 3 atom stereocenters. The molecule has 2 aromatic heterocycles. The summed E-state index contributed by atoms with van der Waals surface area (Å²) >= 11 is 0. The number of imidazole rings is 1. The number of aromatic nitrogens is 2. The number of rotatable bonds is 2. The Morgan fingerprint density at radius 3 is 2.42 bits per heavy atom. The van der Waals surface area contributed by atoms with Gasteiger partial charge >= 0.3 is 5.97 Å². The minimum absolute atomic E-state index is 0.229. The number of hydrogen-bond donors (Lipinski definition) is 1. The second-order valence-electron chi connectivity index (χ2n) is 9.04. The highest BCUT2D eigenvalue weighted by molar-refractivity contribution is 5.98. The van der Waals surface area contributed by atoms with Crippen molar-refractivity contribution in [3.63, 3.8) is 0 Å². The number of aliphatic hydroxyl groups excluding tert-OH is 1. The first-order valence-electron chi connectivity index (χ1n) is 10.3. The zero-order valence-electron chi connectivity index (χ0n) is 18.4. The number of fused-ring (bicyclic) bond motifs is 3. The van der Waals surface area contributed by atoms with Crippen LogP contribution in [-0.4, -0.2) is 32.5 Å². The summed E-state index contributed by atoms with van der Waals surface area (Å²) in [7, 11) is 0. The van der Waals surface area contributed by atoms with Crippen molar-refractivity contribution < 1.29 is 19.4 Å². The summed E-state index contributed by atoms with van der Waals surface area (Å²) in [6.45, 7) is 8.62. The Hall–Kier alpha value is -3.19. The molecule has 1 aliphatic heterocycles. The van der Waals surface area contributed by atoms with E-state index in [0.717, 1.165) is 11.3 Å². The molecule has 7 nitrogen and oxygen atoms in total. The van der Waals surface area contributed by atoms with Gasteiger partial charge in [-0.1, -0.05) is 30.3 Å². The van der Waals surface area contributed by atoms with E-state index < -0.39 is 29.6 Å². The Morgan fingerprint density at radius 2 is 1.81 bits per heavy atom. The van der Waals surface area contributed by atoms with Gasteiger partial charge in [0, 0.05) is 24.9 Å². The summed E-state index contributed by atoms with van der Waals surface area (Å²) in [5, 5.41) is 11.4. The number of carbonyl (C=O) groups excluding carboxylic acids is 2. The van der Waals surface area contributed by atoms with Crippen LogP contribution in [0.2, 0.25) is 0 Å². The maximum atomic E-state index is 13.0. The summed E-state index contributed by atoms with van der Waals surface area (Å²) in [6, 6.07) is 10.4. The lowest BCUT2D eigenvalue weighted by atomic mass is 9.86. The first-order chi connectivity index (χ1) is 14.6. The molecule has 4 rings (SSSR count). The molecule has 0 spiro atoms. The van der Waals surface area contributed by atoms with Crippen LogP contribution in [0.1, 0.15) is 56.7 Å². The number of esters is 1. The normalized spacial score (nSPS) is 21.1. The molecule has 1 aliphatic rings. The molecular formula is C24H27N3O4. The predicted octanol–water partition coefficient (Wildman–Crippen LogP) is 3.74. The van der Waals surface area contributed by atoms with E-state index in [1.807, 2.05) is 47.9 Å². The van der Waals surface area contributed by atoms with Crippen molar-refractivity contribution in [3.05, 3.63) is 65.6 Å².